The van der Waals surface area contributed by atoms with Gasteiger partial charge in [-0.25, -0.2) is 0 Å². The second-order valence-electron chi connectivity index (χ2n) is 7.96. The maximum atomic E-state index is 12.9. The first-order chi connectivity index (χ1) is 17.2. The molecule has 0 spiro atoms. The van der Waals surface area contributed by atoms with Crippen LogP contribution >= 0.6 is 0 Å². The van der Waals surface area contributed by atoms with Gasteiger partial charge in [-0.05, 0) is 60.5 Å². The maximum Gasteiger partial charge on any atom is 0.255 e. The van der Waals surface area contributed by atoms with Crippen LogP contribution in [0.15, 0.2) is 91.0 Å². The Hall–Kier alpha value is -4.45. The third kappa shape index (κ3) is 5.22. The summed E-state index contributed by atoms with van der Waals surface area (Å²) >= 11 is 0. The lowest BCUT2D eigenvalue weighted by molar-refractivity contribution is 0.102. The molecule has 0 fully saturated rings. The number of rotatable bonds is 8. The van der Waals surface area contributed by atoms with Crippen LogP contribution in [0.25, 0.3) is 11.1 Å². The zero-order valence-electron chi connectivity index (χ0n) is 19.3. The molecule has 0 unspecified atom stereocenters. The van der Waals surface area contributed by atoms with Crippen molar-refractivity contribution in [2.45, 2.75) is 13.5 Å². The molecule has 35 heavy (non-hydrogen) atoms. The summed E-state index contributed by atoms with van der Waals surface area (Å²) in [7, 11) is 0. The molecule has 0 radical (unpaired) electrons. The molecule has 0 bridgehead atoms. The van der Waals surface area contributed by atoms with E-state index in [-0.39, 0.29) is 19.3 Å². The summed E-state index contributed by atoms with van der Waals surface area (Å²) in [6.07, 6.45) is 0. The van der Waals surface area contributed by atoms with Gasteiger partial charge in [-0.2, -0.15) is 0 Å². The maximum absolute atomic E-state index is 12.9. The number of hydrogen-bond acceptors (Lipinski definition) is 5. The Labute approximate surface area is 204 Å². The number of carbonyl (C=O) groups is 1. The minimum Gasteiger partial charge on any atom is -0.493 e. The fraction of sp³-hybridized carbons (Fsp3) is 0.138. The quantitative estimate of drug-likeness (QED) is 0.329. The van der Waals surface area contributed by atoms with Crippen LogP contribution in [0, 0.1) is 0 Å². The van der Waals surface area contributed by atoms with Crippen LogP contribution in [0.2, 0.25) is 0 Å². The van der Waals surface area contributed by atoms with Gasteiger partial charge in [-0.1, -0.05) is 42.5 Å². The van der Waals surface area contributed by atoms with Gasteiger partial charge < -0.3 is 24.3 Å². The third-order valence-corrected chi connectivity index (χ3v) is 5.61. The molecule has 0 aliphatic carbocycles. The van der Waals surface area contributed by atoms with Crippen molar-refractivity contribution in [2.24, 2.45) is 0 Å². The minimum atomic E-state index is -0.236. The number of carbonyl (C=O) groups excluding carboxylic acids is 1. The summed E-state index contributed by atoms with van der Waals surface area (Å²) in [5.74, 6) is 2.47. The van der Waals surface area contributed by atoms with Gasteiger partial charge in [0.15, 0.2) is 11.5 Å². The Balaban J connectivity index is 1.29. The molecular formula is C29H25NO5. The highest BCUT2D eigenvalue weighted by Gasteiger charge is 2.16. The molecule has 0 atom stereocenters. The summed E-state index contributed by atoms with van der Waals surface area (Å²) in [5.41, 5.74) is 4.19. The van der Waals surface area contributed by atoms with Crippen LogP contribution < -0.4 is 24.3 Å². The van der Waals surface area contributed by atoms with Gasteiger partial charge in [0.1, 0.15) is 18.1 Å². The van der Waals surface area contributed by atoms with Crippen molar-refractivity contribution >= 4 is 11.6 Å². The average Bonchev–Trinajstić information content (AvgIpc) is 3.37. The van der Waals surface area contributed by atoms with Gasteiger partial charge in [0.25, 0.3) is 5.91 Å². The summed E-state index contributed by atoms with van der Waals surface area (Å²) in [6.45, 7) is 2.89. The molecule has 176 valence electrons. The first kappa shape index (κ1) is 22.3. The van der Waals surface area contributed by atoms with E-state index in [9.17, 15) is 4.79 Å². The summed E-state index contributed by atoms with van der Waals surface area (Å²) in [5, 5.41) is 2.91. The van der Waals surface area contributed by atoms with Crippen molar-refractivity contribution in [3.63, 3.8) is 0 Å². The largest absolute Gasteiger partial charge is 0.493 e. The van der Waals surface area contributed by atoms with Gasteiger partial charge in [0, 0.05) is 22.9 Å². The minimum absolute atomic E-state index is 0.184. The Kier molecular flexibility index (Phi) is 6.52. The van der Waals surface area contributed by atoms with Crippen LogP contribution in [0.4, 0.5) is 5.69 Å². The van der Waals surface area contributed by atoms with Gasteiger partial charge in [0.05, 0.1) is 6.61 Å². The van der Waals surface area contributed by atoms with E-state index >= 15 is 0 Å². The monoisotopic (exact) mass is 467 g/mol. The first-order valence-electron chi connectivity index (χ1n) is 11.4. The first-order valence-corrected chi connectivity index (χ1v) is 11.4. The molecule has 6 heteroatoms. The van der Waals surface area contributed by atoms with E-state index in [0.717, 1.165) is 22.4 Å². The van der Waals surface area contributed by atoms with E-state index in [1.165, 1.54) is 0 Å². The van der Waals surface area contributed by atoms with Crippen molar-refractivity contribution in [3.8, 4) is 34.1 Å². The molecule has 0 aromatic heterocycles. The van der Waals surface area contributed by atoms with Crippen LogP contribution in [0.3, 0.4) is 0 Å². The zero-order valence-corrected chi connectivity index (χ0v) is 19.3. The Morgan fingerprint density at radius 1 is 0.829 bits per heavy atom. The molecule has 4 aromatic rings. The molecule has 1 aliphatic rings. The van der Waals surface area contributed by atoms with E-state index in [0.29, 0.717) is 35.1 Å². The Bertz CT molecular complexity index is 1320. The van der Waals surface area contributed by atoms with Crippen molar-refractivity contribution in [2.75, 3.05) is 18.7 Å². The van der Waals surface area contributed by atoms with Gasteiger partial charge >= 0.3 is 0 Å². The predicted octanol–water partition coefficient (Wildman–Crippen LogP) is 6.31. The van der Waals surface area contributed by atoms with Crippen molar-refractivity contribution in [3.05, 3.63) is 102 Å². The van der Waals surface area contributed by atoms with Crippen LogP contribution in [-0.2, 0) is 6.61 Å². The summed E-state index contributed by atoms with van der Waals surface area (Å²) in [4.78, 5) is 12.9. The standard InChI is InChI=1S/C29H25NO5/c1-2-32-26-14-10-22(29(31)30-24-11-15-27-28(17-24)35-19-34-27)16-23(26)18-33-25-12-8-21(9-13-25)20-6-4-3-5-7-20/h3-17H,2,18-19H2,1H3,(H,30,31). The Morgan fingerprint density at radius 2 is 1.60 bits per heavy atom. The highest BCUT2D eigenvalue weighted by molar-refractivity contribution is 6.04. The van der Waals surface area contributed by atoms with Gasteiger partial charge in [-0.15, -0.1) is 0 Å². The predicted molar refractivity (Wildman–Crippen MR) is 134 cm³/mol. The van der Waals surface area contributed by atoms with E-state index < -0.39 is 0 Å². The topological polar surface area (TPSA) is 66.0 Å². The molecule has 1 amide bonds. The number of nitrogens with one attached hydrogen (secondary N) is 1. The highest BCUT2D eigenvalue weighted by atomic mass is 16.7. The number of amides is 1. The molecular weight excluding hydrogens is 442 g/mol. The van der Waals surface area contributed by atoms with Crippen LogP contribution in [0.5, 0.6) is 23.0 Å². The van der Waals surface area contributed by atoms with Crippen LogP contribution in [-0.4, -0.2) is 19.3 Å². The fourth-order valence-corrected chi connectivity index (χ4v) is 3.84. The number of benzene rings is 4. The average molecular weight is 468 g/mol. The molecule has 6 nitrogen and oxygen atoms in total. The number of ether oxygens (including phenoxy) is 4. The lowest BCUT2D eigenvalue weighted by Gasteiger charge is -2.14. The van der Waals surface area contributed by atoms with E-state index in [1.54, 1.807) is 36.4 Å². The van der Waals surface area contributed by atoms with Crippen molar-refractivity contribution < 1.29 is 23.7 Å². The Morgan fingerprint density at radius 3 is 2.40 bits per heavy atom. The molecule has 0 saturated heterocycles. The molecule has 0 saturated carbocycles. The van der Waals surface area contributed by atoms with Gasteiger partial charge in [-0.3, -0.25) is 4.79 Å². The van der Waals surface area contributed by atoms with Gasteiger partial charge in [0.2, 0.25) is 6.79 Å². The van der Waals surface area contributed by atoms with E-state index in [1.807, 2.05) is 49.4 Å². The lowest BCUT2D eigenvalue weighted by Crippen LogP contribution is -2.13. The number of anilines is 1. The molecule has 1 heterocycles. The van der Waals surface area contributed by atoms with Crippen molar-refractivity contribution in [1.82, 2.24) is 0 Å². The SMILES string of the molecule is CCOc1ccc(C(=O)Nc2ccc3c(c2)OCO3)cc1COc1ccc(-c2ccccc2)cc1. The third-order valence-electron chi connectivity index (χ3n) is 5.61. The fourth-order valence-electron chi connectivity index (χ4n) is 3.84. The normalized spacial score (nSPS) is 11.7. The smallest absolute Gasteiger partial charge is 0.255 e. The van der Waals surface area contributed by atoms with E-state index in [4.69, 9.17) is 18.9 Å². The molecule has 1 aliphatic heterocycles. The highest BCUT2D eigenvalue weighted by Crippen LogP contribution is 2.34. The number of fused-ring (bicyclic) bond motifs is 1. The van der Waals surface area contributed by atoms with Crippen molar-refractivity contribution in [1.29, 1.82) is 0 Å². The lowest BCUT2D eigenvalue weighted by atomic mass is 10.1. The van der Waals surface area contributed by atoms with Crippen LogP contribution in [0.1, 0.15) is 22.8 Å². The molecule has 4 aromatic carbocycles. The second kappa shape index (κ2) is 10.2. The van der Waals surface area contributed by atoms with E-state index in [2.05, 4.69) is 17.4 Å². The number of hydrogen-bond donors (Lipinski definition) is 1. The zero-order chi connectivity index (χ0) is 24.0. The molecule has 5 rings (SSSR count). The second-order valence-corrected chi connectivity index (χ2v) is 7.96. The summed E-state index contributed by atoms with van der Waals surface area (Å²) in [6, 6.07) is 28.8. The summed E-state index contributed by atoms with van der Waals surface area (Å²) < 4.78 is 22.5. The molecule has 1 N–H and O–H groups in total.